The summed E-state index contributed by atoms with van der Waals surface area (Å²) in [6, 6.07) is 0. The van der Waals surface area contributed by atoms with E-state index in [1.807, 2.05) is 13.8 Å². The summed E-state index contributed by atoms with van der Waals surface area (Å²) in [7, 11) is 0. The van der Waals surface area contributed by atoms with E-state index in [-0.39, 0.29) is 12.5 Å². The molecule has 0 aliphatic heterocycles. The number of aryl methyl sites for hydroxylation is 1. The van der Waals surface area contributed by atoms with E-state index in [0.29, 0.717) is 11.8 Å². The van der Waals surface area contributed by atoms with Crippen molar-refractivity contribution in [2.24, 2.45) is 0 Å². The highest BCUT2D eigenvalue weighted by Crippen LogP contribution is 2.19. The lowest BCUT2D eigenvalue weighted by atomic mass is 10.2. The van der Waals surface area contributed by atoms with Crippen LogP contribution in [0.5, 0.6) is 0 Å². The molecule has 0 aliphatic rings. The van der Waals surface area contributed by atoms with Crippen LogP contribution in [0.3, 0.4) is 0 Å². The largest absolute Gasteiger partial charge is 0.465 e. The molecule has 5 heteroatoms. The van der Waals surface area contributed by atoms with Crippen molar-refractivity contribution >= 4 is 17.6 Å². The van der Waals surface area contributed by atoms with Gasteiger partial charge in [-0.15, -0.1) is 0 Å². The number of hydrogen-bond acceptors (Lipinski definition) is 3. The highest BCUT2D eigenvalue weighted by Gasteiger charge is 2.13. The summed E-state index contributed by atoms with van der Waals surface area (Å²) in [5.74, 6) is -0.315. The molecule has 0 N–H and O–H groups in total. The molecule has 0 saturated carbocycles. The van der Waals surface area contributed by atoms with Crippen molar-refractivity contribution in [1.82, 2.24) is 9.78 Å². The van der Waals surface area contributed by atoms with E-state index in [0.717, 1.165) is 17.7 Å². The Morgan fingerprint density at radius 2 is 2.20 bits per heavy atom. The van der Waals surface area contributed by atoms with Gasteiger partial charge in [0.15, 0.2) is 0 Å². The van der Waals surface area contributed by atoms with Crippen LogP contribution in [0, 0.1) is 6.92 Å². The van der Waals surface area contributed by atoms with Crippen LogP contribution < -0.4 is 0 Å². The van der Waals surface area contributed by atoms with Crippen molar-refractivity contribution in [1.29, 1.82) is 0 Å². The fraction of sp³-hybridized carbons (Fsp3) is 0.600. The molecule has 0 radical (unpaired) electrons. The van der Waals surface area contributed by atoms with Gasteiger partial charge in [0, 0.05) is 5.56 Å². The van der Waals surface area contributed by atoms with Gasteiger partial charge in [-0.1, -0.05) is 18.5 Å². The van der Waals surface area contributed by atoms with E-state index >= 15 is 0 Å². The van der Waals surface area contributed by atoms with Crippen molar-refractivity contribution in [3.63, 3.8) is 0 Å². The van der Waals surface area contributed by atoms with Crippen LogP contribution in [0.2, 0.25) is 5.15 Å². The van der Waals surface area contributed by atoms with Crippen LogP contribution >= 0.6 is 11.6 Å². The van der Waals surface area contributed by atoms with E-state index in [9.17, 15) is 4.79 Å². The van der Waals surface area contributed by atoms with E-state index in [1.165, 1.54) is 4.68 Å². The first-order valence-electron chi connectivity index (χ1n) is 4.97. The zero-order valence-corrected chi connectivity index (χ0v) is 9.97. The molecule has 0 fully saturated rings. The maximum absolute atomic E-state index is 11.2. The Kier molecular flexibility index (Phi) is 4.15. The summed E-state index contributed by atoms with van der Waals surface area (Å²) in [6.45, 7) is 6.12. The number of hydrogen-bond donors (Lipinski definition) is 0. The lowest BCUT2D eigenvalue weighted by molar-refractivity contribution is -0.144. The highest BCUT2D eigenvalue weighted by atomic mass is 35.5. The van der Waals surface area contributed by atoms with Gasteiger partial charge in [-0.3, -0.25) is 4.79 Å². The summed E-state index contributed by atoms with van der Waals surface area (Å²) in [6.07, 6.45) is 0.807. The second-order valence-corrected chi connectivity index (χ2v) is 3.54. The molecule has 0 unspecified atom stereocenters. The molecule has 4 nitrogen and oxygen atoms in total. The minimum Gasteiger partial charge on any atom is -0.465 e. The summed E-state index contributed by atoms with van der Waals surface area (Å²) in [4.78, 5) is 11.2. The number of nitrogens with zero attached hydrogens (tertiary/aromatic N) is 2. The summed E-state index contributed by atoms with van der Waals surface area (Å²) < 4.78 is 6.31. The summed E-state index contributed by atoms with van der Waals surface area (Å²) >= 11 is 6.03. The van der Waals surface area contributed by atoms with Gasteiger partial charge in [0.2, 0.25) is 0 Å². The predicted molar refractivity (Wildman–Crippen MR) is 58.0 cm³/mol. The Hall–Kier alpha value is -1.03. The number of ether oxygens (including phenoxy) is 1. The van der Waals surface area contributed by atoms with Crippen LogP contribution in [0.4, 0.5) is 0 Å². The Morgan fingerprint density at radius 1 is 1.53 bits per heavy atom. The third kappa shape index (κ3) is 2.72. The van der Waals surface area contributed by atoms with Crippen LogP contribution in [0.15, 0.2) is 0 Å². The number of rotatable bonds is 4. The minimum atomic E-state index is -0.315. The Balaban J connectivity index is 2.81. The first-order valence-corrected chi connectivity index (χ1v) is 5.35. The predicted octanol–water partition coefficient (Wildman–Crippen LogP) is 1.97. The van der Waals surface area contributed by atoms with Gasteiger partial charge >= 0.3 is 5.97 Å². The molecule has 0 bridgehead atoms. The van der Waals surface area contributed by atoms with Crippen LogP contribution in [0.25, 0.3) is 0 Å². The normalized spacial score (nSPS) is 10.4. The monoisotopic (exact) mass is 230 g/mol. The molecule has 1 rings (SSSR count). The van der Waals surface area contributed by atoms with Crippen LogP contribution in [-0.4, -0.2) is 22.4 Å². The van der Waals surface area contributed by atoms with E-state index in [2.05, 4.69) is 5.10 Å². The number of carbonyl (C=O) groups is 1. The average molecular weight is 231 g/mol. The molecular weight excluding hydrogens is 216 g/mol. The van der Waals surface area contributed by atoms with Gasteiger partial charge < -0.3 is 4.74 Å². The van der Waals surface area contributed by atoms with Gasteiger partial charge in [0.1, 0.15) is 11.7 Å². The number of aromatic nitrogens is 2. The van der Waals surface area contributed by atoms with Crippen LogP contribution in [-0.2, 0) is 22.5 Å². The maximum Gasteiger partial charge on any atom is 0.327 e. The molecule has 0 atom stereocenters. The molecule has 0 aromatic carbocycles. The molecule has 1 aromatic rings. The van der Waals surface area contributed by atoms with Gasteiger partial charge in [0.05, 0.1) is 12.3 Å². The Bertz CT molecular complexity index is 361. The lowest BCUT2D eigenvalue weighted by Crippen LogP contribution is -2.14. The Labute approximate surface area is 94.2 Å². The fourth-order valence-electron chi connectivity index (χ4n) is 1.35. The minimum absolute atomic E-state index is 0.0769. The molecule has 84 valence electrons. The molecule has 0 aliphatic carbocycles. The van der Waals surface area contributed by atoms with Gasteiger partial charge in [0.25, 0.3) is 0 Å². The second kappa shape index (κ2) is 5.16. The zero-order valence-electron chi connectivity index (χ0n) is 9.21. The van der Waals surface area contributed by atoms with Gasteiger partial charge in [-0.25, -0.2) is 4.68 Å². The smallest absolute Gasteiger partial charge is 0.327 e. The first-order chi connectivity index (χ1) is 7.10. The average Bonchev–Trinajstić information content (AvgIpc) is 2.46. The molecular formula is C10H15ClN2O2. The second-order valence-electron chi connectivity index (χ2n) is 3.18. The highest BCUT2D eigenvalue weighted by molar-refractivity contribution is 6.30. The van der Waals surface area contributed by atoms with Crippen molar-refractivity contribution in [3.05, 3.63) is 16.4 Å². The maximum atomic E-state index is 11.2. The lowest BCUT2D eigenvalue weighted by Gasteiger charge is -2.02. The Morgan fingerprint density at radius 3 is 2.67 bits per heavy atom. The van der Waals surface area contributed by atoms with Crippen molar-refractivity contribution in [2.45, 2.75) is 33.7 Å². The molecule has 1 aromatic heterocycles. The third-order valence-electron chi connectivity index (χ3n) is 2.13. The van der Waals surface area contributed by atoms with Crippen LogP contribution in [0.1, 0.15) is 25.1 Å². The molecule has 15 heavy (non-hydrogen) atoms. The molecule has 1 heterocycles. The number of carbonyl (C=O) groups excluding carboxylic acids is 1. The summed E-state index contributed by atoms with van der Waals surface area (Å²) in [5.41, 5.74) is 1.85. The standard InChI is InChI=1S/C10H15ClN2O2/c1-4-8-7(3)10(11)13(12-8)6-9(14)15-5-2/h4-6H2,1-3H3. The van der Waals surface area contributed by atoms with E-state index in [1.54, 1.807) is 6.92 Å². The number of halogens is 1. The molecule has 0 spiro atoms. The van der Waals surface area contributed by atoms with Gasteiger partial charge in [-0.2, -0.15) is 5.10 Å². The van der Waals surface area contributed by atoms with Crippen molar-refractivity contribution in [2.75, 3.05) is 6.61 Å². The topological polar surface area (TPSA) is 44.1 Å². The summed E-state index contributed by atoms with van der Waals surface area (Å²) in [5, 5.41) is 4.75. The van der Waals surface area contributed by atoms with Crippen molar-refractivity contribution < 1.29 is 9.53 Å². The van der Waals surface area contributed by atoms with E-state index in [4.69, 9.17) is 16.3 Å². The van der Waals surface area contributed by atoms with E-state index < -0.39 is 0 Å². The number of esters is 1. The third-order valence-corrected chi connectivity index (χ3v) is 2.61. The zero-order chi connectivity index (χ0) is 11.4. The quantitative estimate of drug-likeness (QED) is 0.743. The molecule has 0 saturated heterocycles. The first kappa shape index (κ1) is 12.0. The fourth-order valence-corrected chi connectivity index (χ4v) is 1.55. The van der Waals surface area contributed by atoms with Gasteiger partial charge in [-0.05, 0) is 20.3 Å². The SMILES string of the molecule is CCOC(=O)Cn1nc(CC)c(C)c1Cl. The van der Waals surface area contributed by atoms with Crippen molar-refractivity contribution in [3.8, 4) is 0 Å². The molecule has 0 amide bonds.